The van der Waals surface area contributed by atoms with E-state index in [1.807, 2.05) is 0 Å². The molecule has 82 valence electrons. The molecule has 1 fully saturated rings. The van der Waals surface area contributed by atoms with Crippen LogP contribution in [0, 0.1) is 0 Å². The summed E-state index contributed by atoms with van der Waals surface area (Å²) in [6.07, 6.45) is 0. The highest BCUT2D eigenvalue weighted by Crippen LogP contribution is 2.12. The molecule has 0 bridgehead atoms. The Labute approximate surface area is 85.2 Å². The third-order valence-corrected chi connectivity index (χ3v) is 2.95. The van der Waals surface area contributed by atoms with Crippen LogP contribution in [0.15, 0.2) is 5.16 Å². The topological polar surface area (TPSA) is 65.1 Å². The maximum atomic E-state index is 8.48. The lowest BCUT2D eigenvalue weighted by Gasteiger charge is -2.42. The Kier molecular flexibility index (Phi) is 3.71. The van der Waals surface area contributed by atoms with Gasteiger partial charge in [-0.2, -0.15) is 0 Å². The number of hydrogen-bond acceptors (Lipinski definition) is 4. The van der Waals surface area contributed by atoms with Crippen LogP contribution in [0.1, 0.15) is 13.8 Å². The van der Waals surface area contributed by atoms with E-state index in [4.69, 9.17) is 10.9 Å². The van der Waals surface area contributed by atoms with Gasteiger partial charge in [0.25, 0.3) is 0 Å². The summed E-state index contributed by atoms with van der Waals surface area (Å²) in [5.74, 6) is 0.286. The number of hydrogen-bond donors (Lipinski definition) is 2. The molecule has 0 aromatic carbocycles. The molecule has 2 unspecified atom stereocenters. The van der Waals surface area contributed by atoms with Gasteiger partial charge in [0.1, 0.15) is 0 Å². The van der Waals surface area contributed by atoms with Crippen molar-refractivity contribution in [1.29, 1.82) is 0 Å². The Morgan fingerprint density at radius 2 is 1.93 bits per heavy atom. The molecule has 3 N–H and O–H groups in total. The first-order valence-corrected chi connectivity index (χ1v) is 4.95. The monoisotopic (exact) mass is 200 g/mol. The molecular weight excluding hydrogens is 180 g/mol. The first kappa shape index (κ1) is 11.3. The lowest BCUT2D eigenvalue weighted by molar-refractivity contribution is 0.0691. The Balaban J connectivity index is 2.50. The van der Waals surface area contributed by atoms with Gasteiger partial charge >= 0.3 is 0 Å². The van der Waals surface area contributed by atoms with Crippen molar-refractivity contribution in [2.75, 3.05) is 26.7 Å². The number of amidine groups is 1. The molecule has 0 spiro atoms. The smallest absolute Gasteiger partial charge is 0.153 e. The second kappa shape index (κ2) is 4.61. The standard InChI is InChI=1S/C9H20N4O/c1-7-4-13(6-9(10)11-14)5-8(2)12(7)3/h7-8,14H,4-6H2,1-3H3,(H2,10,11). The van der Waals surface area contributed by atoms with E-state index in [1.54, 1.807) is 0 Å². The van der Waals surface area contributed by atoms with Crippen molar-refractivity contribution in [1.82, 2.24) is 9.80 Å². The van der Waals surface area contributed by atoms with E-state index in [1.165, 1.54) is 0 Å². The zero-order valence-electron chi connectivity index (χ0n) is 9.14. The van der Waals surface area contributed by atoms with Crippen LogP contribution in [0.25, 0.3) is 0 Å². The van der Waals surface area contributed by atoms with Crippen molar-refractivity contribution >= 4 is 5.84 Å². The molecule has 1 rings (SSSR count). The van der Waals surface area contributed by atoms with Crippen molar-refractivity contribution in [2.45, 2.75) is 25.9 Å². The minimum absolute atomic E-state index is 0.286. The van der Waals surface area contributed by atoms with Crippen LogP contribution in [0.2, 0.25) is 0 Å². The van der Waals surface area contributed by atoms with Gasteiger partial charge in [-0.25, -0.2) is 0 Å². The summed E-state index contributed by atoms with van der Waals surface area (Å²) in [5.41, 5.74) is 5.47. The summed E-state index contributed by atoms with van der Waals surface area (Å²) in [7, 11) is 2.14. The highest BCUT2D eigenvalue weighted by molar-refractivity contribution is 5.81. The molecular formula is C9H20N4O. The Morgan fingerprint density at radius 3 is 2.36 bits per heavy atom. The maximum Gasteiger partial charge on any atom is 0.153 e. The van der Waals surface area contributed by atoms with Crippen molar-refractivity contribution in [3.8, 4) is 0 Å². The van der Waals surface area contributed by atoms with Crippen molar-refractivity contribution in [3.63, 3.8) is 0 Å². The number of oxime groups is 1. The molecule has 1 heterocycles. The fraction of sp³-hybridized carbons (Fsp3) is 0.889. The van der Waals surface area contributed by atoms with Crippen molar-refractivity contribution in [2.24, 2.45) is 10.9 Å². The van der Waals surface area contributed by atoms with E-state index in [2.05, 4.69) is 35.9 Å². The zero-order valence-corrected chi connectivity index (χ0v) is 9.14. The Hall–Kier alpha value is -0.810. The molecule has 0 aromatic heterocycles. The predicted molar refractivity (Wildman–Crippen MR) is 56.5 cm³/mol. The minimum atomic E-state index is 0.286. The average Bonchev–Trinajstić information content (AvgIpc) is 2.14. The second-order valence-electron chi connectivity index (χ2n) is 4.15. The first-order chi connectivity index (χ1) is 6.54. The molecule has 2 atom stereocenters. The predicted octanol–water partition coefficient (Wildman–Crippen LogP) is -0.243. The van der Waals surface area contributed by atoms with E-state index in [0.29, 0.717) is 18.6 Å². The van der Waals surface area contributed by atoms with Gasteiger partial charge in [0, 0.05) is 25.2 Å². The second-order valence-corrected chi connectivity index (χ2v) is 4.15. The normalized spacial score (nSPS) is 32.1. The molecule has 0 saturated carbocycles. The van der Waals surface area contributed by atoms with Crippen LogP contribution in [-0.2, 0) is 0 Å². The highest BCUT2D eigenvalue weighted by atomic mass is 16.4. The number of rotatable bonds is 2. The van der Waals surface area contributed by atoms with Gasteiger partial charge in [0.05, 0.1) is 6.54 Å². The average molecular weight is 200 g/mol. The molecule has 5 heteroatoms. The van der Waals surface area contributed by atoms with Crippen molar-refractivity contribution < 1.29 is 5.21 Å². The minimum Gasteiger partial charge on any atom is -0.409 e. The van der Waals surface area contributed by atoms with E-state index in [0.717, 1.165) is 13.1 Å². The third-order valence-electron chi connectivity index (χ3n) is 2.95. The van der Waals surface area contributed by atoms with Gasteiger partial charge in [0.2, 0.25) is 0 Å². The summed E-state index contributed by atoms with van der Waals surface area (Å²) < 4.78 is 0. The quantitative estimate of drug-likeness (QED) is 0.279. The molecule has 0 aliphatic carbocycles. The number of nitrogens with zero attached hydrogens (tertiary/aromatic N) is 3. The molecule has 5 nitrogen and oxygen atoms in total. The summed E-state index contributed by atoms with van der Waals surface area (Å²) in [5, 5.41) is 11.5. The van der Waals surface area contributed by atoms with Gasteiger partial charge in [-0.3, -0.25) is 9.80 Å². The number of piperazine rings is 1. The molecule has 14 heavy (non-hydrogen) atoms. The largest absolute Gasteiger partial charge is 0.409 e. The van der Waals surface area contributed by atoms with E-state index >= 15 is 0 Å². The van der Waals surface area contributed by atoms with Gasteiger partial charge in [-0.05, 0) is 20.9 Å². The SMILES string of the molecule is CC1CN(C/C(N)=N/O)CC(C)N1C. The third kappa shape index (κ3) is 2.59. The molecule has 1 saturated heterocycles. The van der Waals surface area contributed by atoms with E-state index in [-0.39, 0.29) is 5.84 Å². The first-order valence-electron chi connectivity index (χ1n) is 4.95. The van der Waals surface area contributed by atoms with E-state index in [9.17, 15) is 0 Å². The van der Waals surface area contributed by atoms with Crippen LogP contribution in [0.3, 0.4) is 0 Å². The fourth-order valence-corrected chi connectivity index (χ4v) is 1.90. The van der Waals surface area contributed by atoms with Crippen LogP contribution >= 0.6 is 0 Å². The van der Waals surface area contributed by atoms with Crippen molar-refractivity contribution in [3.05, 3.63) is 0 Å². The number of nitrogens with two attached hydrogens (primary N) is 1. The van der Waals surface area contributed by atoms with Crippen LogP contribution in [-0.4, -0.2) is 59.6 Å². The van der Waals surface area contributed by atoms with Crippen LogP contribution in [0.5, 0.6) is 0 Å². The lowest BCUT2D eigenvalue weighted by Crippen LogP contribution is -2.56. The summed E-state index contributed by atoms with van der Waals surface area (Å²) in [6.45, 7) is 6.87. The van der Waals surface area contributed by atoms with E-state index < -0.39 is 0 Å². The summed E-state index contributed by atoms with van der Waals surface area (Å²) in [4.78, 5) is 4.56. The molecule has 1 aliphatic rings. The molecule has 0 amide bonds. The Morgan fingerprint density at radius 1 is 1.43 bits per heavy atom. The molecule has 0 radical (unpaired) electrons. The maximum absolute atomic E-state index is 8.48. The van der Waals surface area contributed by atoms with Crippen LogP contribution < -0.4 is 5.73 Å². The van der Waals surface area contributed by atoms with Gasteiger partial charge in [-0.15, -0.1) is 0 Å². The summed E-state index contributed by atoms with van der Waals surface area (Å²) >= 11 is 0. The zero-order chi connectivity index (χ0) is 10.7. The fourth-order valence-electron chi connectivity index (χ4n) is 1.90. The van der Waals surface area contributed by atoms with Gasteiger partial charge in [0.15, 0.2) is 5.84 Å². The molecule has 0 aromatic rings. The lowest BCUT2D eigenvalue weighted by atomic mass is 10.1. The van der Waals surface area contributed by atoms with Gasteiger partial charge < -0.3 is 10.9 Å². The number of likely N-dealkylation sites (N-methyl/N-ethyl adjacent to an activating group) is 1. The Bertz CT molecular complexity index is 207. The van der Waals surface area contributed by atoms with Crippen LogP contribution in [0.4, 0.5) is 0 Å². The molecule has 1 aliphatic heterocycles. The highest BCUT2D eigenvalue weighted by Gasteiger charge is 2.26. The van der Waals surface area contributed by atoms with Gasteiger partial charge in [-0.1, -0.05) is 5.16 Å². The summed E-state index contributed by atoms with van der Waals surface area (Å²) in [6, 6.07) is 1.04.